The molecule has 28 heavy (non-hydrogen) atoms. The Hall–Kier alpha value is -1.11. The van der Waals surface area contributed by atoms with Gasteiger partial charge in [0, 0.05) is 23.0 Å². The van der Waals surface area contributed by atoms with Gasteiger partial charge in [-0.2, -0.15) is 0 Å². The molecule has 2 heterocycles. The Bertz CT molecular complexity index is 841. The summed E-state index contributed by atoms with van der Waals surface area (Å²) in [7, 11) is 0. The van der Waals surface area contributed by atoms with Crippen LogP contribution in [0.15, 0.2) is 22.7 Å². The Morgan fingerprint density at radius 2 is 1.75 bits per heavy atom. The van der Waals surface area contributed by atoms with Crippen molar-refractivity contribution in [2.45, 2.75) is 51.1 Å². The molecule has 1 aromatic carbocycles. The van der Waals surface area contributed by atoms with Crippen LogP contribution in [0.4, 0.5) is 0 Å². The molecule has 1 aromatic heterocycles. The van der Waals surface area contributed by atoms with E-state index in [1.807, 2.05) is 13.0 Å². The molecule has 2 saturated carbocycles. The Labute approximate surface area is 174 Å². The van der Waals surface area contributed by atoms with Crippen molar-refractivity contribution in [2.75, 3.05) is 13.2 Å². The molecule has 3 aliphatic rings. The van der Waals surface area contributed by atoms with Crippen molar-refractivity contribution in [1.29, 1.82) is 0 Å². The quantitative estimate of drug-likeness (QED) is 0.658. The summed E-state index contributed by atoms with van der Waals surface area (Å²) in [5.74, 6) is 1.21. The fraction of sp³-hybridized carbons (Fsp3) is 0.571. The first kappa shape index (κ1) is 18.9. The zero-order chi connectivity index (χ0) is 19.3. The molecule has 1 spiro atoms. The molecule has 3 atom stereocenters. The summed E-state index contributed by atoms with van der Waals surface area (Å²) in [5, 5.41) is 5.31. The molecule has 7 heteroatoms. The van der Waals surface area contributed by atoms with Crippen molar-refractivity contribution in [2.24, 2.45) is 11.8 Å². The number of halogens is 2. The van der Waals surface area contributed by atoms with E-state index in [9.17, 15) is 0 Å². The van der Waals surface area contributed by atoms with Gasteiger partial charge >= 0.3 is 0 Å². The molecule has 150 valence electrons. The number of rotatable bonds is 4. The first-order valence-electron chi connectivity index (χ1n) is 9.87. The second-order valence-corrected chi connectivity index (χ2v) is 8.77. The van der Waals surface area contributed by atoms with Crippen molar-refractivity contribution in [3.8, 4) is 11.3 Å². The Balaban J connectivity index is 1.33. The highest BCUT2D eigenvalue weighted by Crippen LogP contribution is 2.54. The van der Waals surface area contributed by atoms with Gasteiger partial charge in [0.1, 0.15) is 11.5 Å². The van der Waals surface area contributed by atoms with E-state index in [2.05, 4.69) is 5.16 Å². The normalized spacial score (nSPS) is 28.3. The van der Waals surface area contributed by atoms with E-state index in [1.165, 1.54) is 0 Å². The third-order valence-corrected chi connectivity index (χ3v) is 7.11. The van der Waals surface area contributed by atoms with E-state index in [0.29, 0.717) is 53.0 Å². The topological polar surface area (TPSA) is 53.7 Å². The minimum absolute atomic E-state index is 0.180. The first-order valence-corrected chi connectivity index (χ1v) is 10.6. The van der Waals surface area contributed by atoms with Crippen LogP contribution in [-0.2, 0) is 20.8 Å². The maximum absolute atomic E-state index is 6.38. The fourth-order valence-corrected chi connectivity index (χ4v) is 5.74. The molecule has 2 bridgehead atoms. The molecule has 2 aliphatic carbocycles. The lowest BCUT2D eigenvalue weighted by molar-refractivity contribution is -0.238. The molecule has 0 radical (unpaired) electrons. The Kier molecular flexibility index (Phi) is 4.92. The molecule has 0 unspecified atom stereocenters. The zero-order valence-corrected chi connectivity index (χ0v) is 17.3. The average molecular weight is 424 g/mol. The molecular weight excluding hydrogens is 401 g/mol. The van der Waals surface area contributed by atoms with Crippen molar-refractivity contribution in [3.05, 3.63) is 39.6 Å². The maximum atomic E-state index is 6.38. The van der Waals surface area contributed by atoms with Gasteiger partial charge in [0.2, 0.25) is 0 Å². The fourth-order valence-electron chi connectivity index (χ4n) is 5.17. The minimum atomic E-state index is -0.344. The lowest BCUT2D eigenvalue weighted by atomic mass is 9.81. The largest absolute Gasteiger partial charge is 0.373 e. The summed E-state index contributed by atoms with van der Waals surface area (Å²) in [6.45, 7) is 3.73. The average Bonchev–Trinajstić information content (AvgIpc) is 3.33. The molecule has 5 rings (SSSR count). The third kappa shape index (κ3) is 2.99. The van der Waals surface area contributed by atoms with Gasteiger partial charge in [-0.15, -0.1) is 0 Å². The first-order chi connectivity index (χ1) is 13.6. The van der Waals surface area contributed by atoms with Gasteiger partial charge in [0.05, 0.1) is 36.0 Å². The van der Waals surface area contributed by atoms with Crippen LogP contribution in [-0.4, -0.2) is 30.3 Å². The Morgan fingerprint density at radius 1 is 1.11 bits per heavy atom. The van der Waals surface area contributed by atoms with Gasteiger partial charge in [-0.25, -0.2) is 0 Å². The smallest absolute Gasteiger partial charge is 0.174 e. The minimum Gasteiger partial charge on any atom is -0.373 e. The van der Waals surface area contributed by atoms with Gasteiger partial charge in [-0.05, 0) is 44.7 Å². The van der Waals surface area contributed by atoms with Crippen LogP contribution in [0.25, 0.3) is 11.3 Å². The molecule has 2 aromatic rings. The van der Waals surface area contributed by atoms with E-state index in [0.717, 1.165) is 37.0 Å². The highest BCUT2D eigenvalue weighted by Gasteiger charge is 2.58. The molecule has 3 fully saturated rings. The second-order valence-electron chi connectivity index (χ2n) is 7.96. The van der Waals surface area contributed by atoms with Crippen LogP contribution >= 0.6 is 23.2 Å². The predicted molar refractivity (Wildman–Crippen MR) is 105 cm³/mol. The Morgan fingerprint density at radius 3 is 2.39 bits per heavy atom. The molecule has 1 saturated heterocycles. The van der Waals surface area contributed by atoms with Crippen LogP contribution in [0, 0.1) is 18.8 Å². The van der Waals surface area contributed by atoms with Gasteiger partial charge in [-0.3, -0.25) is 0 Å². The van der Waals surface area contributed by atoms with E-state index in [4.69, 9.17) is 41.9 Å². The summed E-state index contributed by atoms with van der Waals surface area (Å²) in [4.78, 5) is 0. The molecule has 0 amide bonds. The monoisotopic (exact) mass is 423 g/mol. The number of hydrogen-bond donors (Lipinski definition) is 0. The number of aromatic nitrogens is 1. The SMILES string of the molecule is Cc1onc(-c2c(Cl)cccc2Cl)c1CO[C@H]1C[C@H]2CC[C@@H](C1)C21OCCO1. The highest BCUT2D eigenvalue weighted by molar-refractivity contribution is 6.39. The standard InChI is InChI=1S/C21H23Cl2NO4/c1-12-16(20(24-28-12)19-17(22)3-2-4-18(19)23)11-25-15-9-13-5-6-14(10-15)21(13)26-7-8-27-21/h2-4,13-15H,5-11H2,1H3/t13-,14+,15+. The summed E-state index contributed by atoms with van der Waals surface area (Å²) in [5.41, 5.74) is 2.25. The van der Waals surface area contributed by atoms with Crippen molar-refractivity contribution in [1.82, 2.24) is 5.16 Å². The number of nitrogens with zero attached hydrogens (tertiary/aromatic N) is 1. The van der Waals surface area contributed by atoms with E-state index in [-0.39, 0.29) is 11.9 Å². The van der Waals surface area contributed by atoms with Crippen LogP contribution in [0.5, 0.6) is 0 Å². The third-order valence-electron chi connectivity index (χ3n) is 6.48. The second kappa shape index (κ2) is 7.29. The van der Waals surface area contributed by atoms with Gasteiger partial charge in [-0.1, -0.05) is 34.4 Å². The predicted octanol–water partition coefficient (Wildman–Crippen LogP) is 5.41. The lowest BCUT2D eigenvalue weighted by Crippen LogP contribution is -2.47. The summed E-state index contributed by atoms with van der Waals surface area (Å²) >= 11 is 12.8. The zero-order valence-electron chi connectivity index (χ0n) is 15.7. The van der Waals surface area contributed by atoms with Crippen LogP contribution in [0.1, 0.15) is 37.0 Å². The van der Waals surface area contributed by atoms with E-state index >= 15 is 0 Å². The van der Waals surface area contributed by atoms with Gasteiger partial charge in [0.15, 0.2) is 5.79 Å². The van der Waals surface area contributed by atoms with E-state index in [1.54, 1.807) is 12.1 Å². The summed E-state index contributed by atoms with van der Waals surface area (Å²) < 4.78 is 23.9. The maximum Gasteiger partial charge on any atom is 0.174 e. The number of benzene rings is 1. The highest BCUT2D eigenvalue weighted by atomic mass is 35.5. The molecular formula is C21H23Cl2NO4. The van der Waals surface area contributed by atoms with E-state index < -0.39 is 0 Å². The number of hydrogen-bond acceptors (Lipinski definition) is 5. The summed E-state index contributed by atoms with van der Waals surface area (Å²) in [6.07, 6.45) is 4.40. The molecule has 1 aliphatic heterocycles. The van der Waals surface area contributed by atoms with Crippen LogP contribution in [0.2, 0.25) is 10.0 Å². The van der Waals surface area contributed by atoms with Crippen LogP contribution in [0.3, 0.4) is 0 Å². The summed E-state index contributed by atoms with van der Waals surface area (Å²) in [6, 6.07) is 5.42. The van der Waals surface area contributed by atoms with Crippen LogP contribution < -0.4 is 0 Å². The van der Waals surface area contributed by atoms with Crippen molar-refractivity contribution >= 4 is 23.2 Å². The molecule has 0 N–H and O–H groups in total. The van der Waals surface area contributed by atoms with Gasteiger partial charge < -0.3 is 18.7 Å². The van der Waals surface area contributed by atoms with Gasteiger partial charge in [0.25, 0.3) is 0 Å². The lowest BCUT2D eigenvalue weighted by Gasteiger charge is -2.41. The number of aryl methyl sites for hydroxylation is 1. The molecule has 5 nitrogen and oxygen atoms in total. The number of ether oxygens (including phenoxy) is 3. The van der Waals surface area contributed by atoms with Crippen molar-refractivity contribution < 1.29 is 18.7 Å². The van der Waals surface area contributed by atoms with Crippen molar-refractivity contribution in [3.63, 3.8) is 0 Å².